The van der Waals surface area contributed by atoms with Crippen LogP contribution in [-0.2, 0) is 0 Å². The van der Waals surface area contributed by atoms with E-state index in [0.717, 1.165) is 0 Å². The van der Waals surface area contributed by atoms with Gasteiger partial charge in [-0.25, -0.2) is 0 Å². The van der Waals surface area contributed by atoms with Gasteiger partial charge in [-0.1, -0.05) is 0 Å². The van der Waals surface area contributed by atoms with Crippen LogP contribution in [0.2, 0.25) is 19.6 Å². The van der Waals surface area contributed by atoms with Crippen LogP contribution < -0.4 is 36.1 Å². The summed E-state index contributed by atoms with van der Waals surface area (Å²) in [7, 11) is -9.60. The molecule has 3 aliphatic heterocycles. The first-order chi connectivity index (χ1) is 18.7. The fourth-order valence-electron chi connectivity index (χ4n) is 4.25. The van der Waals surface area contributed by atoms with E-state index in [1.165, 1.54) is 0 Å². The zero-order chi connectivity index (χ0) is 26.7. The van der Waals surface area contributed by atoms with Gasteiger partial charge < -0.3 is 0 Å². The van der Waals surface area contributed by atoms with Crippen molar-refractivity contribution in [1.82, 2.24) is 0 Å². The third kappa shape index (κ3) is 4.40. The third-order valence-electron chi connectivity index (χ3n) is 5.71. The first-order valence-corrected chi connectivity index (χ1v) is 21.5. The molecule has 0 saturated carbocycles. The molecule has 4 aromatic rings. The Labute approximate surface area is 228 Å². The second-order valence-corrected chi connectivity index (χ2v) is 23.9. The molecule has 0 aliphatic carbocycles. The second kappa shape index (κ2) is 8.58. The maximum absolute atomic E-state index is 6.73. The normalized spacial score (nSPS) is 19.3. The fourth-order valence-corrected chi connectivity index (χ4v) is 18.3. The molecule has 7 rings (SSSR count). The van der Waals surface area contributed by atoms with Crippen LogP contribution in [0, 0.1) is 0 Å². The molecule has 0 bridgehead atoms. The summed E-state index contributed by atoms with van der Waals surface area (Å²) in [5.41, 5.74) is 0. The summed E-state index contributed by atoms with van der Waals surface area (Å²) in [5.74, 6) is 4.22. The van der Waals surface area contributed by atoms with Crippen molar-refractivity contribution in [2.45, 2.75) is 19.6 Å². The van der Waals surface area contributed by atoms with Gasteiger partial charge in [0.15, 0.2) is 0 Å². The Morgan fingerprint density at radius 1 is 0.564 bits per heavy atom. The van der Waals surface area contributed by atoms with E-state index in [4.69, 9.17) is 36.1 Å². The summed E-state index contributed by atoms with van der Waals surface area (Å²) in [6, 6.07) is 29.7. The molecule has 12 heteroatoms. The van der Waals surface area contributed by atoms with Crippen molar-refractivity contribution >= 4 is 30.3 Å². The molecule has 0 N–H and O–H groups in total. The Hall–Kier alpha value is -3.34. The molecule has 8 nitrogen and oxygen atoms in total. The van der Waals surface area contributed by atoms with E-state index >= 15 is 0 Å². The average molecular weight is 598 g/mol. The van der Waals surface area contributed by atoms with Gasteiger partial charge in [-0.15, -0.1) is 0 Å². The van der Waals surface area contributed by atoms with Crippen LogP contribution in [-0.4, -0.2) is 8.32 Å². The number of hydrogen-bond donors (Lipinski definition) is 0. The Bertz CT molecular complexity index is 1530. The number of benzene rings is 4. The molecule has 0 atom stereocenters. The monoisotopic (exact) mass is 598 g/mol. The van der Waals surface area contributed by atoms with Gasteiger partial charge in [-0.05, 0) is 0 Å². The number of rotatable bonds is 5. The molecular formula is C27H25O8P3Si. The number of hydrogen-bond acceptors (Lipinski definition) is 8. The van der Waals surface area contributed by atoms with Gasteiger partial charge in [0, 0.05) is 0 Å². The van der Waals surface area contributed by atoms with E-state index in [-0.39, 0.29) is 0 Å². The van der Waals surface area contributed by atoms with Crippen molar-refractivity contribution < 1.29 is 36.1 Å². The van der Waals surface area contributed by atoms with E-state index < -0.39 is 22.7 Å². The van der Waals surface area contributed by atoms with E-state index in [9.17, 15) is 0 Å². The first kappa shape index (κ1) is 24.7. The van der Waals surface area contributed by atoms with Gasteiger partial charge in [-0.2, -0.15) is 0 Å². The fraction of sp³-hybridized carbons (Fsp3) is 0.111. The summed E-state index contributed by atoms with van der Waals surface area (Å²) in [4.78, 5) is 0. The quantitative estimate of drug-likeness (QED) is 0.166. The molecule has 0 saturated heterocycles. The van der Waals surface area contributed by atoms with Crippen LogP contribution in [0.1, 0.15) is 0 Å². The maximum atomic E-state index is 6.73. The van der Waals surface area contributed by atoms with Crippen molar-refractivity contribution in [3.05, 3.63) is 97.1 Å². The van der Waals surface area contributed by atoms with Crippen LogP contribution in [0.4, 0.5) is 0 Å². The Balaban J connectivity index is 1.42. The molecule has 39 heavy (non-hydrogen) atoms. The van der Waals surface area contributed by atoms with Crippen LogP contribution >= 0.6 is 22.0 Å². The zero-order valence-electron chi connectivity index (χ0n) is 21.3. The summed E-state index contributed by atoms with van der Waals surface area (Å²) in [6.45, 7) is 6.34. The second-order valence-electron chi connectivity index (χ2n) is 9.97. The van der Waals surface area contributed by atoms with Crippen LogP contribution in [0.3, 0.4) is 0 Å². The van der Waals surface area contributed by atoms with Gasteiger partial charge in [0.25, 0.3) is 0 Å². The first-order valence-electron chi connectivity index (χ1n) is 12.3. The van der Waals surface area contributed by atoms with E-state index in [1.54, 1.807) is 0 Å². The SMILES string of the molecule is C[Si](C)(C)Oc1ccccc1OP1(=PP23(Oc4ccccc4O2)Oc2ccccc2O3)Oc2ccccc2O1. The standard InChI is InChI=1S/C27H25O8P3Si/c1-39(2,3)35-27-19-11-6-14-22(27)30-37(28-20-12-4-5-13-21(20)29-37)36-38(31-23-15-7-8-16-24(23)32-38)33-25-17-9-10-18-26(25)34-38/h4-19H,1-3H3. The van der Waals surface area contributed by atoms with Crippen molar-refractivity contribution in [1.29, 1.82) is 0 Å². The Morgan fingerprint density at radius 2 is 0.949 bits per heavy atom. The predicted molar refractivity (Wildman–Crippen MR) is 155 cm³/mol. The zero-order valence-corrected chi connectivity index (χ0v) is 25.0. The molecule has 4 aromatic carbocycles. The molecule has 1 spiro atoms. The summed E-state index contributed by atoms with van der Waals surface area (Å²) in [6.07, 6.45) is 0. The topological polar surface area (TPSA) is 73.8 Å². The third-order valence-corrected chi connectivity index (χ3v) is 18.2. The predicted octanol–water partition coefficient (Wildman–Crippen LogP) is 9.45. The van der Waals surface area contributed by atoms with Crippen molar-refractivity contribution in [2.24, 2.45) is 0 Å². The molecule has 0 radical (unpaired) electrons. The minimum absolute atomic E-state index is 0.303. The van der Waals surface area contributed by atoms with Crippen molar-refractivity contribution in [2.75, 3.05) is 0 Å². The minimum atomic E-state index is -4.52. The van der Waals surface area contributed by atoms with Gasteiger partial charge in [-0.3, -0.25) is 0 Å². The van der Waals surface area contributed by atoms with Gasteiger partial charge in [0.1, 0.15) is 0 Å². The van der Waals surface area contributed by atoms with Crippen LogP contribution in [0.15, 0.2) is 97.1 Å². The van der Waals surface area contributed by atoms with Crippen LogP contribution in [0.5, 0.6) is 46.0 Å². The van der Waals surface area contributed by atoms with Crippen molar-refractivity contribution in [3.63, 3.8) is 0 Å². The molecule has 0 fully saturated rings. The molecule has 0 aromatic heterocycles. The van der Waals surface area contributed by atoms with E-state index in [1.807, 2.05) is 97.1 Å². The van der Waals surface area contributed by atoms with Crippen molar-refractivity contribution in [3.8, 4) is 46.0 Å². The Morgan fingerprint density at radius 3 is 1.38 bits per heavy atom. The molecule has 200 valence electrons. The van der Waals surface area contributed by atoms with E-state index in [2.05, 4.69) is 19.6 Å². The molecule has 3 heterocycles. The molecular weight excluding hydrogens is 573 g/mol. The Kier molecular flexibility index (Phi) is 5.43. The van der Waals surface area contributed by atoms with Gasteiger partial charge >= 0.3 is 229 Å². The van der Waals surface area contributed by atoms with E-state index in [0.29, 0.717) is 53.6 Å². The summed E-state index contributed by atoms with van der Waals surface area (Å²) in [5, 5.41) is 0. The summed E-state index contributed by atoms with van der Waals surface area (Å²) < 4.78 is 52.5. The summed E-state index contributed by atoms with van der Waals surface area (Å²) >= 11 is 0. The number of fused-ring (bicyclic) bond motifs is 3. The average Bonchev–Trinajstić information content (AvgIpc) is 3.51. The molecule has 0 unspecified atom stereocenters. The molecule has 0 amide bonds. The van der Waals surface area contributed by atoms with Gasteiger partial charge in [0.05, 0.1) is 0 Å². The van der Waals surface area contributed by atoms with Gasteiger partial charge in [0.2, 0.25) is 0 Å². The van der Waals surface area contributed by atoms with Crippen LogP contribution in [0.25, 0.3) is 0 Å². The molecule has 3 aliphatic rings. The number of para-hydroxylation sites is 8.